The van der Waals surface area contributed by atoms with Crippen molar-refractivity contribution >= 4 is 28.9 Å². The second kappa shape index (κ2) is 9.07. The van der Waals surface area contributed by atoms with Gasteiger partial charge in [0.1, 0.15) is 11.5 Å². The van der Waals surface area contributed by atoms with Crippen LogP contribution >= 0.6 is 0 Å². The van der Waals surface area contributed by atoms with Gasteiger partial charge >= 0.3 is 0 Å². The van der Waals surface area contributed by atoms with Gasteiger partial charge < -0.3 is 10.2 Å². The van der Waals surface area contributed by atoms with E-state index in [0.717, 1.165) is 37.2 Å². The summed E-state index contributed by atoms with van der Waals surface area (Å²) in [6.07, 6.45) is 3.83. The van der Waals surface area contributed by atoms with E-state index >= 15 is 0 Å². The number of halogens is 1. The minimum Gasteiger partial charge on any atom is -0.370 e. The van der Waals surface area contributed by atoms with Crippen LogP contribution in [0.25, 0.3) is 0 Å². The molecule has 0 atom stereocenters. The summed E-state index contributed by atoms with van der Waals surface area (Å²) in [6.45, 7) is 2.08. The average molecular weight is 408 g/mol. The molecule has 0 saturated carbocycles. The number of nitrogens with one attached hydrogen (secondary N) is 1. The van der Waals surface area contributed by atoms with Crippen molar-refractivity contribution in [1.82, 2.24) is 5.01 Å². The van der Waals surface area contributed by atoms with E-state index in [1.165, 1.54) is 23.6 Å². The third-order valence-corrected chi connectivity index (χ3v) is 5.45. The number of hydrogen-bond acceptors (Lipinski definition) is 4. The molecule has 0 aromatic heterocycles. The molecule has 0 unspecified atom stereocenters. The third-order valence-electron chi connectivity index (χ3n) is 5.45. The number of carbonyl (C=O) groups is 2. The lowest BCUT2D eigenvalue weighted by atomic mass is 10.1. The molecule has 6 nitrogen and oxygen atoms in total. The Hall–Kier alpha value is -3.22. The van der Waals surface area contributed by atoms with Crippen LogP contribution in [0.15, 0.2) is 53.6 Å². The summed E-state index contributed by atoms with van der Waals surface area (Å²) in [7, 11) is 0. The van der Waals surface area contributed by atoms with Crippen LogP contribution in [0.1, 0.15) is 37.7 Å². The van der Waals surface area contributed by atoms with Gasteiger partial charge in [-0.1, -0.05) is 30.3 Å². The van der Waals surface area contributed by atoms with Crippen molar-refractivity contribution < 1.29 is 14.0 Å². The van der Waals surface area contributed by atoms with E-state index in [9.17, 15) is 14.0 Å². The highest BCUT2D eigenvalue weighted by Crippen LogP contribution is 2.29. The van der Waals surface area contributed by atoms with E-state index in [0.29, 0.717) is 12.2 Å². The van der Waals surface area contributed by atoms with Crippen LogP contribution < -0.4 is 10.2 Å². The molecule has 0 bridgehead atoms. The Balaban J connectivity index is 1.52. The highest BCUT2D eigenvalue weighted by molar-refractivity contribution is 6.43. The van der Waals surface area contributed by atoms with Crippen LogP contribution in [0, 0.1) is 5.82 Å². The third kappa shape index (κ3) is 4.67. The molecule has 2 aliphatic rings. The lowest BCUT2D eigenvalue weighted by Gasteiger charge is -2.30. The second-order valence-corrected chi connectivity index (χ2v) is 7.65. The fourth-order valence-corrected chi connectivity index (χ4v) is 3.86. The summed E-state index contributed by atoms with van der Waals surface area (Å²) in [5.41, 5.74) is 2.47. The molecule has 156 valence electrons. The van der Waals surface area contributed by atoms with Gasteiger partial charge in [-0.3, -0.25) is 9.59 Å². The van der Waals surface area contributed by atoms with Crippen LogP contribution in [0.2, 0.25) is 0 Å². The molecule has 0 aliphatic carbocycles. The molecular formula is C23H25FN4O2. The van der Waals surface area contributed by atoms with Crippen molar-refractivity contribution in [3.05, 3.63) is 59.9 Å². The Morgan fingerprint density at radius 2 is 1.80 bits per heavy atom. The van der Waals surface area contributed by atoms with Gasteiger partial charge in [-0.05, 0) is 43.0 Å². The van der Waals surface area contributed by atoms with E-state index in [1.54, 1.807) is 6.07 Å². The minimum atomic E-state index is -0.405. The number of piperidine rings is 1. The maximum atomic E-state index is 13.9. The monoisotopic (exact) mass is 408 g/mol. The topological polar surface area (TPSA) is 65.0 Å². The number of hydrazone groups is 1. The zero-order valence-electron chi connectivity index (χ0n) is 16.8. The van der Waals surface area contributed by atoms with E-state index < -0.39 is 11.7 Å². The maximum absolute atomic E-state index is 13.9. The van der Waals surface area contributed by atoms with E-state index in [2.05, 4.69) is 15.3 Å². The molecule has 0 spiro atoms. The lowest BCUT2D eigenvalue weighted by Crippen LogP contribution is -2.36. The molecule has 0 radical (unpaired) electrons. The van der Waals surface area contributed by atoms with Crippen molar-refractivity contribution in [2.75, 3.05) is 23.3 Å². The Morgan fingerprint density at radius 1 is 1.03 bits per heavy atom. The van der Waals surface area contributed by atoms with Gasteiger partial charge in [-0.2, -0.15) is 5.10 Å². The van der Waals surface area contributed by atoms with Crippen LogP contribution in [-0.4, -0.2) is 35.6 Å². The van der Waals surface area contributed by atoms with Crippen molar-refractivity contribution in [2.24, 2.45) is 5.10 Å². The van der Waals surface area contributed by atoms with Crippen molar-refractivity contribution in [2.45, 2.75) is 38.6 Å². The maximum Gasteiger partial charge on any atom is 0.271 e. The van der Waals surface area contributed by atoms with Crippen molar-refractivity contribution in [3.63, 3.8) is 0 Å². The van der Waals surface area contributed by atoms with E-state index in [-0.39, 0.29) is 24.5 Å². The standard InChI is InChI=1S/C23H25FN4O2/c24-18-9-11-21(27-13-5-2-6-14-27)20(15-18)25-23(30)19-10-12-22(29)28(26-19)16-17-7-3-1-4-8-17/h1,3-4,7-9,11,15H,2,5-6,10,12-14,16H2,(H,25,30). The number of carbonyl (C=O) groups excluding carboxylic acids is 2. The summed E-state index contributed by atoms with van der Waals surface area (Å²) >= 11 is 0. The predicted octanol–water partition coefficient (Wildman–Crippen LogP) is 3.93. The first-order chi connectivity index (χ1) is 14.6. The van der Waals surface area contributed by atoms with Gasteiger partial charge in [0.15, 0.2) is 0 Å². The van der Waals surface area contributed by atoms with Crippen LogP contribution in [0.5, 0.6) is 0 Å². The van der Waals surface area contributed by atoms with Crippen molar-refractivity contribution in [1.29, 1.82) is 0 Å². The number of amides is 2. The zero-order valence-corrected chi connectivity index (χ0v) is 16.8. The first-order valence-electron chi connectivity index (χ1n) is 10.4. The molecule has 2 heterocycles. The smallest absolute Gasteiger partial charge is 0.271 e. The molecule has 2 amide bonds. The predicted molar refractivity (Wildman–Crippen MR) is 115 cm³/mol. The first kappa shape index (κ1) is 20.1. The highest BCUT2D eigenvalue weighted by Gasteiger charge is 2.25. The molecular weight excluding hydrogens is 383 g/mol. The summed E-state index contributed by atoms with van der Waals surface area (Å²) in [4.78, 5) is 27.3. The van der Waals surface area contributed by atoms with E-state index in [4.69, 9.17) is 0 Å². The average Bonchev–Trinajstić information content (AvgIpc) is 2.77. The van der Waals surface area contributed by atoms with Gasteiger partial charge in [0.25, 0.3) is 5.91 Å². The SMILES string of the molecule is O=C(Nc1cc(F)ccc1N1CCCCC1)C1=NN(Cc2ccccc2)C(=O)CC1. The molecule has 4 rings (SSSR count). The van der Waals surface area contributed by atoms with Gasteiger partial charge in [0, 0.05) is 25.9 Å². The van der Waals surface area contributed by atoms with Gasteiger partial charge in [0.2, 0.25) is 5.91 Å². The number of rotatable bonds is 5. The Morgan fingerprint density at radius 3 is 2.57 bits per heavy atom. The first-order valence-corrected chi connectivity index (χ1v) is 10.4. The summed E-state index contributed by atoms with van der Waals surface area (Å²) in [6, 6.07) is 14.0. The Labute approximate surface area is 175 Å². The molecule has 2 aromatic rings. The van der Waals surface area contributed by atoms with Crippen LogP contribution in [0.3, 0.4) is 0 Å². The fourth-order valence-electron chi connectivity index (χ4n) is 3.86. The molecule has 7 heteroatoms. The van der Waals surface area contributed by atoms with E-state index in [1.807, 2.05) is 30.3 Å². The molecule has 2 aromatic carbocycles. The quantitative estimate of drug-likeness (QED) is 0.815. The summed E-state index contributed by atoms with van der Waals surface area (Å²) in [5.74, 6) is -0.919. The lowest BCUT2D eigenvalue weighted by molar-refractivity contribution is -0.132. The second-order valence-electron chi connectivity index (χ2n) is 7.65. The zero-order chi connectivity index (χ0) is 20.9. The fraction of sp³-hybridized carbons (Fsp3) is 0.348. The van der Waals surface area contributed by atoms with Crippen molar-refractivity contribution in [3.8, 4) is 0 Å². The number of anilines is 2. The number of hydrogen-bond donors (Lipinski definition) is 1. The van der Waals surface area contributed by atoms with Gasteiger partial charge in [-0.15, -0.1) is 0 Å². The molecule has 2 aliphatic heterocycles. The Kier molecular flexibility index (Phi) is 6.07. The van der Waals surface area contributed by atoms with Gasteiger partial charge in [-0.25, -0.2) is 9.40 Å². The molecule has 1 fully saturated rings. The van der Waals surface area contributed by atoms with Gasteiger partial charge in [0.05, 0.1) is 17.9 Å². The molecule has 30 heavy (non-hydrogen) atoms. The van der Waals surface area contributed by atoms with Crippen LogP contribution in [0.4, 0.5) is 15.8 Å². The highest BCUT2D eigenvalue weighted by atomic mass is 19.1. The Bertz CT molecular complexity index is 955. The molecule has 1 saturated heterocycles. The molecule has 1 N–H and O–H groups in total. The normalized spacial score (nSPS) is 17.0. The van der Waals surface area contributed by atoms with Crippen LogP contribution in [-0.2, 0) is 16.1 Å². The number of nitrogens with zero attached hydrogens (tertiary/aromatic N) is 3. The number of benzene rings is 2. The minimum absolute atomic E-state index is 0.116. The summed E-state index contributed by atoms with van der Waals surface area (Å²) in [5, 5.41) is 8.47. The summed E-state index contributed by atoms with van der Waals surface area (Å²) < 4.78 is 13.9. The largest absolute Gasteiger partial charge is 0.370 e.